The van der Waals surface area contributed by atoms with Gasteiger partial charge in [-0.2, -0.15) is 0 Å². The second kappa shape index (κ2) is 6.23. The summed E-state index contributed by atoms with van der Waals surface area (Å²) in [5.74, 6) is 7.00. The summed E-state index contributed by atoms with van der Waals surface area (Å²) in [4.78, 5) is 4.17. The quantitative estimate of drug-likeness (QED) is 0.863. The second-order valence-corrected chi connectivity index (χ2v) is 4.78. The normalized spacial score (nSPS) is 16.7. The van der Waals surface area contributed by atoms with Crippen molar-refractivity contribution >= 4 is 0 Å². The number of nitrogens with zero attached hydrogens (tertiary/aromatic N) is 1. The van der Waals surface area contributed by atoms with Gasteiger partial charge in [-0.3, -0.25) is 4.98 Å². The Labute approximate surface area is 119 Å². The molecule has 2 heterocycles. The Morgan fingerprint density at radius 3 is 2.70 bits per heavy atom. The standard InChI is InChI=1S/C17H16N2O/c1-2-4-14(5-3-1)6-7-15-10-17(12-18-11-15)20-13-16-8-9-19-16/h1-5,10-12,16,19H,8-9,13H2/t16-/m1/s1. The second-order valence-electron chi connectivity index (χ2n) is 4.78. The summed E-state index contributed by atoms with van der Waals surface area (Å²) in [5, 5.41) is 3.30. The van der Waals surface area contributed by atoms with Crippen molar-refractivity contribution in [3.63, 3.8) is 0 Å². The average molecular weight is 264 g/mol. The number of aromatic nitrogens is 1. The number of ether oxygens (including phenoxy) is 1. The molecule has 0 amide bonds. The smallest absolute Gasteiger partial charge is 0.138 e. The van der Waals surface area contributed by atoms with E-state index in [0.717, 1.165) is 23.4 Å². The van der Waals surface area contributed by atoms with Crippen LogP contribution in [0.15, 0.2) is 48.8 Å². The molecule has 20 heavy (non-hydrogen) atoms. The van der Waals surface area contributed by atoms with Crippen molar-refractivity contribution in [3.8, 4) is 17.6 Å². The predicted molar refractivity (Wildman–Crippen MR) is 78.6 cm³/mol. The molecule has 3 rings (SSSR count). The van der Waals surface area contributed by atoms with Crippen molar-refractivity contribution in [2.24, 2.45) is 0 Å². The maximum absolute atomic E-state index is 5.71. The third-order valence-electron chi connectivity index (χ3n) is 3.22. The van der Waals surface area contributed by atoms with Gasteiger partial charge in [-0.15, -0.1) is 0 Å². The van der Waals surface area contributed by atoms with Gasteiger partial charge in [0, 0.05) is 23.4 Å². The van der Waals surface area contributed by atoms with Gasteiger partial charge in [-0.1, -0.05) is 30.0 Å². The SMILES string of the molecule is C(#Cc1cncc(OC[C@H]2CCN2)c1)c1ccccc1. The Morgan fingerprint density at radius 2 is 1.95 bits per heavy atom. The van der Waals surface area contributed by atoms with Crippen molar-refractivity contribution in [3.05, 3.63) is 59.9 Å². The van der Waals surface area contributed by atoms with E-state index < -0.39 is 0 Å². The van der Waals surface area contributed by atoms with Gasteiger partial charge < -0.3 is 10.1 Å². The van der Waals surface area contributed by atoms with Crippen molar-refractivity contribution in [1.29, 1.82) is 0 Å². The summed E-state index contributed by atoms with van der Waals surface area (Å²) < 4.78 is 5.71. The monoisotopic (exact) mass is 264 g/mol. The molecule has 0 bridgehead atoms. The zero-order chi connectivity index (χ0) is 13.6. The zero-order valence-electron chi connectivity index (χ0n) is 11.2. The number of pyridine rings is 1. The van der Waals surface area contributed by atoms with Crippen LogP contribution in [-0.4, -0.2) is 24.2 Å². The van der Waals surface area contributed by atoms with E-state index in [4.69, 9.17) is 4.74 Å². The summed E-state index contributed by atoms with van der Waals surface area (Å²) in [6, 6.07) is 12.3. The Balaban J connectivity index is 1.66. The van der Waals surface area contributed by atoms with Gasteiger partial charge in [0.15, 0.2) is 0 Å². The Hall–Kier alpha value is -2.31. The third kappa shape index (κ3) is 3.37. The third-order valence-corrected chi connectivity index (χ3v) is 3.22. The first kappa shape index (κ1) is 12.7. The molecule has 100 valence electrons. The molecule has 1 fully saturated rings. The summed E-state index contributed by atoms with van der Waals surface area (Å²) >= 11 is 0. The summed E-state index contributed by atoms with van der Waals surface area (Å²) in [7, 11) is 0. The van der Waals surface area contributed by atoms with Crippen molar-refractivity contribution in [2.75, 3.05) is 13.2 Å². The van der Waals surface area contributed by atoms with Gasteiger partial charge in [0.2, 0.25) is 0 Å². The molecule has 2 aromatic rings. The molecule has 0 saturated carbocycles. The lowest BCUT2D eigenvalue weighted by molar-refractivity contribution is 0.217. The first-order valence-electron chi connectivity index (χ1n) is 6.78. The minimum Gasteiger partial charge on any atom is -0.490 e. The molecule has 1 aromatic heterocycles. The van der Waals surface area contributed by atoms with Gasteiger partial charge in [-0.25, -0.2) is 0 Å². The highest BCUT2D eigenvalue weighted by molar-refractivity contribution is 5.43. The van der Waals surface area contributed by atoms with Gasteiger partial charge >= 0.3 is 0 Å². The zero-order valence-corrected chi connectivity index (χ0v) is 11.2. The highest BCUT2D eigenvalue weighted by Crippen LogP contribution is 2.12. The fourth-order valence-electron chi connectivity index (χ4n) is 1.92. The lowest BCUT2D eigenvalue weighted by atomic mass is 10.1. The van der Waals surface area contributed by atoms with Crippen LogP contribution in [0.4, 0.5) is 0 Å². The van der Waals surface area contributed by atoms with E-state index in [1.165, 1.54) is 6.42 Å². The van der Waals surface area contributed by atoms with E-state index in [1.807, 2.05) is 36.4 Å². The number of rotatable bonds is 3. The lowest BCUT2D eigenvalue weighted by Gasteiger charge is -2.27. The van der Waals surface area contributed by atoms with Gasteiger partial charge in [0.05, 0.1) is 6.20 Å². The van der Waals surface area contributed by atoms with Gasteiger partial charge in [-0.05, 0) is 31.2 Å². The molecular formula is C17H16N2O. The lowest BCUT2D eigenvalue weighted by Crippen LogP contribution is -2.46. The van der Waals surface area contributed by atoms with Crippen LogP contribution in [0.2, 0.25) is 0 Å². The molecule has 1 N–H and O–H groups in total. The van der Waals surface area contributed by atoms with Crippen LogP contribution in [0, 0.1) is 11.8 Å². The number of hydrogen-bond donors (Lipinski definition) is 1. The van der Waals surface area contributed by atoms with E-state index in [1.54, 1.807) is 12.4 Å². The van der Waals surface area contributed by atoms with Crippen molar-refractivity contribution in [2.45, 2.75) is 12.5 Å². The van der Waals surface area contributed by atoms with E-state index in [2.05, 4.69) is 22.1 Å². The van der Waals surface area contributed by atoms with Gasteiger partial charge in [0.25, 0.3) is 0 Å². The summed E-state index contributed by atoms with van der Waals surface area (Å²) in [5.41, 5.74) is 1.87. The number of benzene rings is 1. The molecule has 1 saturated heterocycles. The Morgan fingerprint density at radius 1 is 1.15 bits per heavy atom. The largest absolute Gasteiger partial charge is 0.490 e. The topological polar surface area (TPSA) is 34.1 Å². The van der Waals surface area contributed by atoms with Gasteiger partial charge in [0.1, 0.15) is 12.4 Å². The van der Waals surface area contributed by atoms with Crippen LogP contribution in [0.1, 0.15) is 17.5 Å². The number of hydrogen-bond acceptors (Lipinski definition) is 3. The van der Waals surface area contributed by atoms with Crippen LogP contribution in [-0.2, 0) is 0 Å². The van der Waals surface area contributed by atoms with Crippen LogP contribution >= 0.6 is 0 Å². The molecule has 1 aliphatic rings. The van der Waals surface area contributed by atoms with Crippen LogP contribution in [0.3, 0.4) is 0 Å². The maximum Gasteiger partial charge on any atom is 0.138 e. The molecular weight excluding hydrogens is 248 g/mol. The molecule has 0 unspecified atom stereocenters. The molecule has 3 heteroatoms. The summed E-state index contributed by atoms with van der Waals surface area (Å²) in [6.07, 6.45) is 4.66. The van der Waals surface area contributed by atoms with Crippen molar-refractivity contribution in [1.82, 2.24) is 10.3 Å². The molecule has 1 atom stereocenters. The fourth-order valence-corrected chi connectivity index (χ4v) is 1.92. The highest BCUT2D eigenvalue weighted by atomic mass is 16.5. The van der Waals surface area contributed by atoms with Crippen LogP contribution in [0.25, 0.3) is 0 Å². The molecule has 1 aromatic carbocycles. The van der Waals surface area contributed by atoms with E-state index in [9.17, 15) is 0 Å². The molecule has 0 spiro atoms. The van der Waals surface area contributed by atoms with E-state index in [0.29, 0.717) is 12.6 Å². The summed E-state index contributed by atoms with van der Waals surface area (Å²) in [6.45, 7) is 1.78. The first-order valence-corrected chi connectivity index (χ1v) is 6.78. The minimum atomic E-state index is 0.481. The molecule has 0 aliphatic carbocycles. The molecule has 3 nitrogen and oxygen atoms in total. The average Bonchev–Trinajstić information content (AvgIpc) is 2.45. The number of nitrogens with one attached hydrogen (secondary N) is 1. The molecule has 0 radical (unpaired) electrons. The first-order chi connectivity index (χ1) is 9.90. The predicted octanol–water partition coefficient (Wildman–Crippen LogP) is 2.22. The minimum absolute atomic E-state index is 0.481. The highest BCUT2D eigenvalue weighted by Gasteiger charge is 2.16. The van der Waals surface area contributed by atoms with Crippen LogP contribution < -0.4 is 10.1 Å². The Bertz CT molecular complexity index is 624. The fraction of sp³-hybridized carbons (Fsp3) is 0.235. The van der Waals surface area contributed by atoms with Crippen molar-refractivity contribution < 1.29 is 4.74 Å². The van der Waals surface area contributed by atoms with Crippen LogP contribution in [0.5, 0.6) is 5.75 Å². The molecule has 1 aliphatic heterocycles. The Kier molecular flexibility index (Phi) is 3.96. The maximum atomic E-state index is 5.71. The van der Waals surface area contributed by atoms with E-state index >= 15 is 0 Å². The van der Waals surface area contributed by atoms with E-state index in [-0.39, 0.29) is 0 Å².